The van der Waals surface area contributed by atoms with Gasteiger partial charge in [-0.1, -0.05) is 12.1 Å². The van der Waals surface area contributed by atoms with E-state index in [1.807, 2.05) is 43.5 Å². The molecule has 172 valence electrons. The monoisotopic (exact) mass is 492 g/mol. The normalized spacial score (nSPS) is 15.6. The number of benzene rings is 1. The summed E-state index contributed by atoms with van der Waals surface area (Å²) in [6.45, 7) is 3.91. The molecule has 10 heteroatoms. The van der Waals surface area contributed by atoms with E-state index in [-0.39, 0.29) is 26.2 Å². The van der Waals surface area contributed by atoms with Crippen LogP contribution in [0.25, 0.3) is 17.5 Å². The number of amides is 1. The van der Waals surface area contributed by atoms with Crippen molar-refractivity contribution in [2.45, 2.75) is 19.8 Å². The third-order valence-electron chi connectivity index (χ3n) is 5.56. The number of thiophene rings is 1. The molecule has 3 N–H and O–H groups in total. The van der Waals surface area contributed by atoms with Gasteiger partial charge < -0.3 is 15.8 Å². The zero-order chi connectivity index (χ0) is 24.6. The van der Waals surface area contributed by atoms with E-state index < -0.39 is 23.4 Å². The molecule has 3 aromatic rings. The number of nitriles is 1. The summed E-state index contributed by atoms with van der Waals surface area (Å²) >= 11 is 2.33. The summed E-state index contributed by atoms with van der Waals surface area (Å²) in [7, 11) is 1.20. The molecule has 1 aromatic carbocycles. The van der Waals surface area contributed by atoms with Crippen LogP contribution in [-0.4, -0.2) is 23.6 Å². The Morgan fingerprint density at radius 3 is 2.65 bits per heavy atom. The molecule has 0 radical (unpaired) electrons. The molecule has 0 spiro atoms. The summed E-state index contributed by atoms with van der Waals surface area (Å²) in [6.07, 6.45) is 1.05. The molecule has 3 heterocycles. The predicted octanol–water partition coefficient (Wildman–Crippen LogP) is 1.78. The van der Waals surface area contributed by atoms with Gasteiger partial charge in [-0.15, -0.1) is 22.7 Å². The van der Waals surface area contributed by atoms with Crippen LogP contribution in [0.15, 0.2) is 46.1 Å². The number of carbonyl (C=O) groups is 2. The fraction of sp³-hybridized carbons (Fsp3) is 0.167. The highest BCUT2D eigenvalue weighted by Crippen LogP contribution is 2.38. The minimum Gasteiger partial charge on any atom is -0.466 e. The highest BCUT2D eigenvalue weighted by atomic mass is 32.1. The number of nitrogens with two attached hydrogens (primary N) is 1. The van der Waals surface area contributed by atoms with Crippen molar-refractivity contribution < 1.29 is 14.3 Å². The van der Waals surface area contributed by atoms with E-state index in [0.29, 0.717) is 5.69 Å². The Balaban J connectivity index is 2.02. The molecule has 0 aliphatic carbocycles. The maximum absolute atomic E-state index is 13.7. The predicted molar refractivity (Wildman–Crippen MR) is 132 cm³/mol. The van der Waals surface area contributed by atoms with Gasteiger partial charge in [0.25, 0.3) is 11.5 Å². The number of thiazole rings is 1. The number of aromatic nitrogens is 1. The Bertz CT molecular complexity index is 1570. The number of hydrogen-bond donors (Lipinski definition) is 2. The quantitative estimate of drug-likeness (QED) is 0.535. The summed E-state index contributed by atoms with van der Waals surface area (Å²) in [5.74, 6) is -2.01. The van der Waals surface area contributed by atoms with E-state index in [0.717, 1.165) is 38.0 Å². The summed E-state index contributed by atoms with van der Waals surface area (Å²) in [4.78, 5) is 39.3. The Kier molecular flexibility index (Phi) is 6.24. The van der Waals surface area contributed by atoms with Crippen LogP contribution >= 0.6 is 22.7 Å². The van der Waals surface area contributed by atoms with Gasteiger partial charge in [-0.05, 0) is 48.6 Å². The first-order chi connectivity index (χ1) is 16.3. The topological polar surface area (TPSA) is 127 Å². The van der Waals surface area contributed by atoms with Crippen molar-refractivity contribution in [1.29, 1.82) is 5.26 Å². The van der Waals surface area contributed by atoms with Gasteiger partial charge in [0.2, 0.25) is 0 Å². The van der Waals surface area contributed by atoms with Gasteiger partial charge >= 0.3 is 5.97 Å². The molecule has 34 heavy (non-hydrogen) atoms. The lowest BCUT2D eigenvalue weighted by Crippen LogP contribution is -2.40. The molecule has 4 rings (SSSR count). The van der Waals surface area contributed by atoms with E-state index in [2.05, 4.69) is 16.1 Å². The smallest absolute Gasteiger partial charge is 0.332 e. The lowest BCUT2D eigenvalue weighted by molar-refractivity contribution is -0.133. The van der Waals surface area contributed by atoms with Crippen LogP contribution < -0.4 is 25.8 Å². The van der Waals surface area contributed by atoms with Crippen molar-refractivity contribution in [3.63, 3.8) is 0 Å². The highest BCUT2D eigenvalue weighted by Gasteiger charge is 2.36. The summed E-state index contributed by atoms with van der Waals surface area (Å²) in [5.41, 5.74) is 8.65. The second kappa shape index (κ2) is 9.13. The standard InChI is InChI=1S/C24H20N4O4S2/c1-12-6-7-14(9-13(12)2)27-22(30)20-19(16-5-4-8-33-16)15(11-25)21(26)28-23(31)17(34-24(20)28)10-18(29)32-3/h4-10,19H,26H2,1-3H3,(H,27,30). The fourth-order valence-electron chi connectivity index (χ4n) is 3.69. The highest BCUT2D eigenvalue weighted by molar-refractivity contribution is 7.10. The van der Waals surface area contributed by atoms with Gasteiger partial charge in [-0.25, -0.2) is 4.79 Å². The molecule has 1 aliphatic heterocycles. The molecule has 0 bridgehead atoms. The van der Waals surface area contributed by atoms with Gasteiger partial charge in [0, 0.05) is 16.6 Å². The number of hydrogen-bond acceptors (Lipinski definition) is 8. The maximum Gasteiger partial charge on any atom is 0.332 e. The molecular formula is C24H20N4O4S2. The second-order valence-corrected chi connectivity index (χ2v) is 9.62. The average molecular weight is 493 g/mol. The molecule has 0 saturated carbocycles. The minimum atomic E-state index is -0.763. The number of ether oxygens (including phenoxy) is 1. The van der Waals surface area contributed by atoms with Crippen molar-refractivity contribution in [2.75, 3.05) is 12.4 Å². The number of nitrogens with zero attached hydrogens (tertiary/aromatic N) is 2. The lowest BCUT2D eigenvalue weighted by atomic mass is 9.88. The maximum atomic E-state index is 13.7. The van der Waals surface area contributed by atoms with Crippen LogP contribution in [0, 0.1) is 25.2 Å². The number of aryl methyl sites for hydroxylation is 2. The first-order valence-corrected chi connectivity index (χ1v) is 11.8. The van der Waals surface area contributed by atoms with Gasteiger partial charge in [0.05, 0.1) is 30.2 Å². The fourth-order valence-corrected chi connectivity index (χ4v) is 5.67. The Morgan fingerprint density at radius 1 is 1.26 bits per heavy atom. The largest absolute Gasteiger partial charge is 0.466 e. The third-order valence-corrected chi connectivity index (χ3v) is 7.60. The number of anilines is 1. The summed E-state index contributed by atoms with van der Waals surface area (Å²) < 4.78 is 6.08. The number of esters is 1. The molecule has 1 atom stereocenters. The second-order valence-electron chi connectivity index (χ2n) is 7.61. The molecule has 0 saturated heterocycles. The Hall–Kier alpha value is -3.94. The number of methoxy groups -OCH3 is 1. The zero-order valence-electron chi connectivity index (χ0n) is 18.5. The first kappa shape index (κ1) is 23.2. The van der Waals surface area contributed by atoms with E-state index in [1.165, 1.54) is 18.4 Å². The van der Waals surface area contributed by atoms with Gasteiger partial charge in [0.1, 0.15) is 15.0 Å². The number of rotatable bonds is 4. The number of carbonyl (C=O) groups excluding carboxylic acids is 2. The number of allylic oxidation sites excluding steroid dienone is 1. The Labute approximate surface area is 202 Å². The van der Waals surface area contributed by atoms with Gasteiger partial charge in [-0.3, -0.25) is 14.2 Å². The van der Waals surface area contributed by atoms with E-state index in [1.54, 1.807) is 6.07 Å². The summed E-state index contributed by atoms with van der Waals surface area (Å²) in [5, 5.41) is 14.7. The van der Waals surface area contributed by atoms with Crippen LogP contribution in [0.4, 0.5) is 5.69 Å². The average Bonchev–Trinajstić information content (AvgIpc) is 3.44. The van der Waals surface area contributed by atoms with Crippen molar-refractivity contribution in [3.05, 3.63) is 76.8 Å². The van der Waals surface area contributed by atoms with Crippen molar-refractivity contribution in [3.8, 4) is 6.07 Å². The first-order valence-electron chi connectivity index (χ1n) is 10.1. The van der Waals surface area contributed by atoms with Crippen molar-refractivity contribution in [1.82, 2.24) is 4.57 Å². The molecule has 1 unspecified atom stereocenters. The molecular weight excluding hydrogens is 472 g/mol. The van der Waals surface area contributed by atoms with Crippen molar-refractivity contribution in [2.24, 2.45) is 5.73 Å². The van der Waals surface area contributed by atoms with Gasteiger partial charge in [-0.2, -0.15) is 5.26 Å². The number of nitrogens with one attached hydrogen (secondary N) is 1. The number of fused-ring (bicyclic) bond motifs is 1. The molecule has 0 fully saturated rings. The molecule has 1 amide bonds. The van der Waals surface area contributed by atoms with E-state index in [9.17, 15) is 19.6 Å². The van der Waals surface area contributed by atoms with Crippen LogP contribution in [0.3, 0.4) is 0 Å². The van der Waals surface area contributed by atoms with Crippen LogP contribution in [0.5, 0.6) is 0 Å². The third kappa shape index (κ3) is 3.96. The lowest BCUT2D eigenvalue weighted by Gasteiger charge is -2.24. The van der Waals surface area contributed by atoms with Crippen LogP contribution in [0.1, 0.15) is 21.9 Å². The molecule has 2 aromatic heterocycles. The van der Waals surface area contributed by atoms with Crippen LogP contribution in [0.2, 0.25) is 0 Å². The van der Waals surface area contributed by atoms with E-state index >= 15 is 0 Å². The minimum absolute atomic E-state index is 0.0467. The Morgan fingerprint density at radius 2 is 2.03 bits per heavy atom. The SMILES string of the molecule is COC(=O)C=c1sc2n(c1=O)C(N)=C(C#N)C(c1cccs1)C=2C(=O)Nc1ccc(C)c(C)c1. The zero-order valence-corrected chi connectivity index (χ0v) is 20.2. The molecule has 1 aliphatic rings. The summed E-state index contributed by atoms with van der Waals surface area (Å²) in [6, 6.07) is 11.3. The van der Waals surface area contributed by atoms with Crippen LogP contribution in [-0.2, 0) is 14.3 Å². The molecule has 8 nitrogen and oxygen atoms in total. The van der Waals surface area contributed by atoms with Crippen molar-refractivity contribution >= 4 is 57.7 Å². The van der Waals surface area contributed by atoms with E-state index in [4.69, 9.17) is 5.73 Å². The van der Waals surface area contributed by atoms with Gasteiger partial charge in [0.15, 0.2) is 0 Å².